The molecule has 3 aliphatic rings. The fraction of sp³-hybridized carbons (Fsp3) is 0.438. The van der Waals surface area contributed by atoms with Crippen LogP contribution in [0.15, 0.2) is 54.9 Å². The first kappa shape index (κ1) is 28.7. The molecule has 5 heterocycles. The predicted molar refractivity (Wildman–Crippen MR) is 168 cm³/mol. The smallest absolute Gasteiger partial charge is 0.414 e. The van der Waals surface area contributed by atoms with Gasteiger partial charge in [-0.05, 0) is 58.0 Å². The van der Waals surface area contributed by atoms with Crippen LogP contribution in [0.5, 0.6) is 0 Å². The van der Waals surface area contributed by atoms with E-state index in [4.69, 9.17) is 4.74 Å². The number of likely N-dealkylation sites (N-methyl/N-ethyl adjacent to an activating group) is 1. The van der Waals surface area contributed by atoms with Gasteiger partial charge in [0.1, 0.15) is 17.2 Å². The standard InChI is InChI=1S/C32H40N8O3/c1-32(2,3)43-31(42)39-13-12-26(24-8-6-7-9-25(24)39)40-21-22-19-33-29(18-27(22)37(5)30(40)41)35-28-11-10-23(20-34-28)38-16-14-36(4)15-17-38/h6-11,18-20,26H,12-17,21H2,1-5H3,(H,33,34,35). The molecule has 1 saturated heterocycles. The number of hydrogen-bond acceptors (Lipinski definition) is 8. The maximum absolute atomic E-state index is 13.8. The third-order valence-electron chi connectivity index (χ3n) is 8.27. The number of fused-ring (bicyclic) bond motifs is 2. The predicted octanol–water partition coefficient (Wildman–Crippen LogP) is 5.23. The molecule has 1 atom stereocenters. The molecule has 43 heavy (non-hydrogen) atoms. The topological polar surface area (TPSA) is 97.4 Å². The lowest BCUT2D eigenvalue weighted by atomic mass is 9.94. The molecule has 1 N–H and O–H groups in total. The molecule has 0 bridgehead atoms. The average Bonchev–Trinajstić information content (AvgIpc) is 2.99. The molecule has 0 spiro atoms. The van der Waals surface area contributed by atoms with Crippen LogP contribution in [0, 0.1) is 0 Å². The van der Waals surface area contributed by atoms with Crippen LogP contribution in [0.2, 0.25) is 0 Å². The summed E-state index contributed by atoms with van der Waals surface area (Å²) in [6, 6.07) is 13.4. The lowest BCUT2D eigenvalue weighted by molar-refractivity contribution is 0.0572. The van der Waals surface area contributed by atoms with E-state index >= 15 is 0 Å². The molecular formula is C32H40N8O3. The zero-order chi connectivity index (χ0) is 30.3. The number of carbonyl (C=O) groups is 2. The largest absolute Gasteiger partial charge is 0.443 e. The molecule has 0 saturated carbocycles. The molecule has 6 rings (SSSR count). The molecule has 1 aromatic carbocycles. The van der Waals surface area contributed by atoms with Gasteiger partial charge in [-0.25, -0.2) is 19.6 Å². The minimum absolute atomic E-state index is 0.0928. The first-order valence-electron chi connectivity index (χ1n) is 14.9. The first-order valence-corrected chi connectivity index (χ1v) is 14.9. The number of pyridine rings is 2. The van der Waals surface area contributed by atoms with Gasteiger partial charge in [-0.15, -0.1) is 0 Å². The average molecular weight is 585 g/mol. The van der Waals surface area contributed by atoms with E-state index in [0.29, 0.717) is 31.1 Å². The van der Waals surface area contributed by atoms with Gasteiger partial charge < -0.3 is 24.8 Å². The van der Waals surface area contributed by atoms with Gasteiger partial charge in [-0.1, -0.05) is 18.2 Å². The number of rotatable bonds is 4. The molecule has 11 heteroatoms. The highest BCUT2D eigenvalue weighted by molar-refractivity contribution is 5.96. The van der Waals surface area contributed by atoms with Crippen LogP contribution in [0.3, 0.4) is 0 Å². The summed E-state index contributed by atoms with van der Waals surface area (Å²) in [7, 11) is 3.94. The van der Waals surface area contributed by atoms with E-state index in [1.165, 1.54) is 0 Å². The summed E-state index contributed by atoms with van der Waals surface area (Å²) in [5.41, 5.74) is 4.00. The maximum Gasteiger partial charge on any atom is 0.414 e. The normalized spacial score (nSPS) is 19.2. The fourth-order valence-electron chi connectivity index (χ4n) is 5.98. The van der Waals surface area contributed by atoms with Gasteiger partial charge in [-0.2, -0.15) is 0 Å². The van der Waals surface area contributed by atoms with Gasteiger partial charge in [-0.3, -0.25) is 9.80 Å². The van der Waals surface area contributed by atoms with Crippen molar-refractivity contribution in [1.29, 1.82) is 0 Å². The van der Waals surface area contributed by atoms with Gasteiger partial charge >= 0.3 is 12.1 Å². The number of nitrogens with one attached hydrogen (secondary N) is 1. The summed E-state index contributed by atoms with van der Waals surface area (Å²) in [4.78, 5) is 45.9. The summed E-state index contributed by atoms with van der Waals surface area (Å²) in [5.74, 6) is 1.33. The molecular weight excluding hydrogens is 544 g/mol. The van der Waals surface area contributed by atoms with Crippen molar-refractivity contribution in [2.45, 2.75) is 45.4 Å². The molecule has 3 amide bonds. The highest BCUT2D eigenvalue weighted by Crippen LogP contribution is 2.42. The number of benzene rings is 1. The van der Waals surface area contributed by atoms with Crippen LogP contribution >= 0.6 is 0 Å². The van der Waals surface area contributed by atoms with Crippen molar-refractivity contribution in [2.24, 2.45) is 0 Å². The highest BCUT2D eigenvalue weighted by atomic mass is 16.6. The van der Waals surface area contributed by atoms with Crippen LogP contribution in [0.1, 0.15) is 44.4 Å². The monoisotopic (exact) mass is 584 g/mol. The number of piperazine rings is 1. The van der Waals surface area contributed by atoms with Crippen LogP contribution < -0.4 is 20.0 Å². The lowest BCUT2D eigenvalue weighted by Crippen LogP contribution is -2.49. The number of hydrogen-bond donors (Lipinski definition) is 1. The first-order chi connectivity index (χ1) is 20.6. The minimum atomic E-state index is -0.594. The highest BCUT2D eigenvalue weighted by Gasteiger charge is 2.39. The molecule has 226 valence electrons. The molecule has 2 aromatic heterocycles. The summed E-state index contributed by atoms with van der Waals surface area (Å²) in [5, 5.41) is 3.30. The third kappa shape index (κ3) is 5.94. The second-order valence-electron chi connectivity index (χ2n) is 12.5. The van der Waals surface area contributed by atoms with E-state index in [2.05, 4.69) is 38.2 Å². The van der Waals surface area contributed by atoms with Crippen molar-refractivity contribution in [3.05, 3.63) is 66.0 Å². The molecule has 0 aliphatic carbocycles. The van der Waals surface area contributed by atoms with Gasteiger partial charge in [0.25, 0.3) is 0 Å². The Labute approximate surface area is 253 Å². The van der Waals surface area contributed by atoms with Crippen LogP contribution in [0.25, 0.3) is 0 Å². The Morgan fingerprint density at radius 3 is 2.40 bits per heavy atom. The van der Waals surface area contributed by atoms with E-state index in [1.54, 1.807) is 16.8 Å². The number of para-hydroxylation sites is 1. The Bertz CT molecular complexity index is 1500. The van der Waals surface area contributed by atoms with Crippen molar-refractivity contribution >= 4 is 40.8 Å². The second kappa shape index (κ2) is 11.4. The van der Waals surface area contributed by atoms with E-state index in [0.717, 1.165) is 54.4 Å². The summed E-state index contributed by atoms with van der Waals surface area (Å²) >= 11 is 0. The van der Waals surface area contributed by atoms with Crippen molar-refractivity contribution in [2.75, 3.05) is 66.8 Å². The molecule has 1 unspecified atom stereocenters. The van der Waals surface area contributed by atoms with E-state index in [-0.39, 0.29) is 18.2 Å². The number of nitrogens with zero attached hydrogens (tertiary/aromatic N) is 7. The summed E-state index contributed by atoms with van der Waals surface area (Å²) < 4.78 is 5.67. The molecule has 0 radical (unpaired) electrons. The second-order valence-corrected chi connectivity index (χ2v) is 12.5. The number of carbonyl (C=O) groups excluding carboxylic acids is 2. The Balaban J connectivity index is 1.18. The van der Waals surface area contributed by atoms with Gasteiger partial charge in [0.05, 0.1) is 35.8 Å². The Morgan fingerprint density at radius 1 is 0.930 bits per heavy atom. The van der Waals surface area contributed by atoms with Gasteiger partial charge in [0.2, 0.25) is 0 Å². The zero-order valence-corrected chi connectivity index (χ0v) is 25.6. The molecule has 11 nitrogen and oxygen atoms in total. The van der Waals surface area contributed by atoms with E-state index < -0.39 is 5.60 Å². The number of ether oxygens (including phenoxy) is 1. The van der Waals surface area contributed by atoms with Crippen molar-refractivity contribution in [3.63, 3.8) is 0 Å². The van der Waals surface area contributed by atoms with E-state index in [9.17, 15) is 9.59 Å². The summed E-state index contributed by atoms with van der Waals surface area (Å²) in [6.07, 6.45) is 3.95. The maximum atomic E-state index is 13.8. The SMILES string of the molecule is CN1CCN(c2ccc(Nc3cc4c(cn3)CN(C3CCN(C(=O)OC(C)(C)C)c5ccccc53)C(=O)N4C)nc2)CC1. The minimum Gasteiger partial charge on any atom is -0.443 e. The van der Waals surface area contributed by atoms with Crippen LogP contribution in [0.4, 0.5) is 38.3 Å². The number of aromatic nitrogens is 2. The van der Waals surface area contributed by atoms with Crippen molar-refractivity contribution < 1.29 is 14.3 Å². The Morgan fingerprint density at radius 2 is 1.67 bits per heavy atom. The van der Waals surface area contributed by atoms with Crippen LogP contribution in [-0.2, 0) is 11.3 Å². The van der Waals surface area contributed by atoms with Gasteiger partial charge in [0, 0.05) is 57.6 Å². The zero-order valence-electron chi connectivity index (χ0n) is 25.6. The van der Waals surface area contributed by atoms with Gasteiger partial charge in [0.15, 0.2) is 0 Å². The summed E-state index contributed by atoms with van der Waals surface area (Å²) in [6.45, 7) is 10.5. The molecule has 3 aromatic rings. The third-order valence-corrected chi connectivity index (χ3v) is 8.27. The van der Waals surface area contributed by atoms with Crippen molar-refractivity contribution in [3.8, 4) is 0 Å². The molecule has 3 aliphatic heterocycles. The molecule has 1 fully saturated rings. The Kier molecular flexibility index (Phi) is 7.59. The lowest BCUT2D eigenvalue weighted by Gasteiger charge is -2.43. The fourth-order valence-corrected chi connectivity index (χ4v) is 5.98. The van der Waals surface area contributed by atoms with Crippen molar-refractivity contribution in [1.82, 2.24) is 19.8 Å². The number of urea groups is 1. The van der Waals surface area contributed by atoms with E-state index in [1.807, 2.05) is 74.5 Å². The Hall–Kier alpha value is -4.38. The van der Waals surface area contributed by atoms with Crippen LogP contribution in [-0.4, -0.2) is 84.3 Å². The number of anilines is 5. The quantitative estimate of drug-likeness (QED) is 0.445. The number of amides is 3.